The Morgan fingerprint density at radius 2 is 2.44 bits per heavy atom. The highest BCUT2D eigenvalue weighted by atomic mass is 16.5. The van der Waals surface area contributed by atoms with Crippen LogP contribution in [-0.2, 0) is 17.8 Å². The standard InChI is InChI=1S/C12H16N4O2/c1-2-11(17-3-1)8-16-7-10(4-15-16)14-6-12-5-13-9-18-12/h4-5,7,9,11,14H,1-3,6,8H2. The van der Waals surface area contributed by atoms with Crippen molar-refractivity contribution in [2.75, 3.05) is 11.9 Å². The number of hydrogen-bond donors (Lipinski definition) is 1. The predicted octanol–water partition coefficient (Wildman–Crippen LogP) is 1.66. The van der Waals surface area contributed by atoms with Gasteiger partial charge in [-0.1, -0.05) is 0 Å². The largest absolute Gasteiger partial charge is 0.447 e. The van der Waals surface area contributed by atoms with Gasteiger partial charge < -0.3 is 14.5 Å². The lowest BCUT2D eigenvalue weighted by Gasteiger charge is -2.08. The van der Waals surface area contributed by atoms with Crippen molar-refractivity contribution in [3.8, 4) is 0 Å². The molecular formula is C12H16N4O2. The molecule has 3 rings (SSSR count). The quantitative estimate of drug-likeness (QED) is 0.871. The van der Waals surface area contributed by atoms with Crippen LogP contribution in [0.15, 0.2) is 29.4 Å². The monoisotopic (exact) mass is 248 g/mol. The van der Waals surface area contributed by atoms with Crippen LogP contribution in [0.3, 0.4) is 0 Å². The van der Waals surface area contributed by atoms with Crippen molar-refractivity contribution >= 4 is 5.69 Å². The zero-order chi connectivity index (χ0) is 12.2. The first kappa shape index (κ1) is 11.3. The fourth-order valence-electron chi connectivity index (χ4n) is 2.07. The molecule has 1 aliphatic heterocycles. The van der Waals surface area contributed by atoms with Gasteiger partial charge >= 0.3 is 0 Å². The Balaban J connectivity index is 1.52. The van der Waals surface area contributed by atoms with Crippen LogP contribution < -0.4 is 5.32 Å². The number of nitrogens with zero attached hydrogens (tertiary/aromatic N) is 3. The van der Waals surface area contributed by atoms with E-state index in [0.717, 1.165) is 37.4 Å². The third-order valence-electron chi connectivity index (χ3n) is 3.00. The second kappa shape index (κ2) is 5.22. The number of oxazole rings is 1. The SMILES string of the molecule is c1ncc(CNc2cnn(CC3CCCO3)c2)o1. The molecule has 0 aromatic carbocycles. The van der Waals surface area contributed by atoms with Crippen LogP contribution in [0.25, 0.3) is 0 Å². The van der Waals surface area contributed by atoms with Gasteiger partial charge in [-0.25, -0.2) is 4.98 Å². The summed E-state index contributed by atoms with van der Waals surface area (Å²) in [6.07, 6.45) is 9.51. The number of aromatic nitrogens is 3. The van der Waals surface area contributed by atoms with E-state index in [4.69, 9.17) is 9.15 Å². The highest BCUT2D eigenvalue weighted by Gasteiger charge is 2.16. The van der Waals surface area contributed by atoms with Gasteiger partial charge in [-0.2, -0.15) is 5.10 Å². The molecule has 6 heteroatoms. The van der Waals surface area contributed by atoms with E-state index in [1.807, 2.05) is 17.1 Å². The molecule has 3 heterocycles. The lowest BCUT2D eigenvalue weighted by Crippen LogP contribution is -2.15. The summed E-state index contributed by atoms with van der Waals surface area (Å²) in [6, 6.07) is 0. The summed E-state index contributed by atoms with van der Waals surface area (Å²) in [6.45, 7) is 2.32. The van der Waals surface area contributed by atoms with Gasteiger partial charge in [0.2, 0.25) is 0 Å². The average Bonchev–Trinajstić information content (AvgIpc) is 3.09. The highest BCUT2D eigenvalue weighted by molar-refractivity contribution is 5.38. The Bertz CT molecular complexity index is 474. The van der Waals surface area contributed by atoms with E-state index in [9.17, 15) is 0 Å². The van der Waals surface area contributed by atoms with E-state index in [0.29, 0.717) is 12.6 Å². The van der Waals surface area contributed by atoms with E-state index in [1.165, 1.54) is 6.39 Å². The molecule has 1 atom stereocenters. The summed E-state index contributed by atoms with van der Waals surface area (Å²) in [5.41, 5.74) is 0.976. The van der Waals surface area contributed by atoms with Crippen LogP contribution in [0.5, 0.6) is 0 Å². The molecule has 2 aromatic rings. The Morgan fingerprint density at radius 3 is 3.22 bits per heavy atom. The van der Waals surface area contributed by atoms with Crippen molar-refractivity contribution in [2.45, 2.75) is 32.0 Å². The molecule has 2 aromatic heterocycles. The van der Waals surface area contributed by atoms with Crippen molar-refractivity contribution in [2.24, 2.45) is 0 Å². The Labute approximate surface area is 105 Å². The molecule has 0 aliphatic carbocycles. The lowest BCUT2D eigenvalue weighted by molar-refractivity contribution is 0.0940. The second-order valence-electron chi connectivity index (χ2n) is 4.41. The number of hydrogen-bond acceptors (Lipinski definition) is 5. The summed E-state index contributed by atoms with van der Waals surface area (Å²) in [7, 11) is 0. The summed E-state index contributed by atoms with van der Waals surface area (Å²) in [4.78, 5) is 3.86. The zero-order valence-corrected chi connectivity index (χ0v) is 10.1. The molecule has 1 N–H and O–H groups in total. The normalized spacial score (nSPS) is 19.2. The first-order valence-electron chi connectivity index (χ1n) is 6.15. The van der Waals surface area contributed by atoms with E-state index in [1.54, 1.807) is 6.20 Å². The number of nitrogens with one attached hydrogen (secondary N) is 1. The summed E-state index contributed by atoms with van der Waals surface area (Å²) < 4.78 is 12.6. The molecule has 96 valence electrons. The van der Waals surface area contributed by atoms with Gasteiger partial charge in [0.25, 0.3) is 0 Å². The number of ether oxygens (including phenoxy) is 1. The second-order valence-corrected chi connectivity index (χ2v) is 4.41. The fraction of sp³-hybridized carbons (Fsp3) is 0.500. The van der Waals surface area contributed by atoms with Crippen LogP contribution in [0.2, 0.25) is 0 Å². The van der Waals surface area contributed by atoms with Crippen LogP contribution in [0, 0.1) is 0 Å². The minimum Gasteiger partial charge on any atom is -0.447 e. The van der Waals surface area contributed by atoms with E-state index in [2.05, 4.69) is 15.4 Å². The maximum absolute atomic E-state index is 5.58. The van der Waals surface area contributed by atoms with Crippen LogP contribution in [0.1, 0.15) is 18.6 Å². The molecule has 1 aliphatic rings. The lowest BCUT2D eigenvalue weighted by atomic mass is 10.2. The van der Waals surface area contributed by atoms with Crippen LogP contribution >= 0.6 is 0 Å². The third-order valence-corrected chi connectivity index (χ3v) is 3.00. The van der Waals surface area contributed by atoms with E-state index < -0.39 is 0 Å². The topological polar surface area (TPSA) is 65.1 Å². The molecule has 0 amide bonds. The summed E-state index contributed by atoms with van der Waals surface area (Å²) in [5, 5.41) is 7.54. The van der Waals surface area contributed by atoms with Gasteiger partial charge in [0.15, 0.2) is 6.39 Å². The molecule has 18 heavy (non-hydrogen) atoms. The van der Waals surface area contributed by atoms with Gasteiger partial charge in [0.1, 0.15) is 5.76 Å². The van der Waals surface area contributed by atoms with Gasteiger partial charge in [-0.15, -0.1) is 0 Å². The Hall–Kier alpha value is -1.82. The van der Waals surface area contributed by atoms with E-state index >= 15 is 0 Å². The first-order valence-corrected chi connectivity index (χ1v) is 6.15. The molecule has 1 fully saturated rings. The minimum absolute atomic E-state index is 0.312. The van der Waals surface area contributed by atoms with Crippen molar-refractivity contribution in [1.29, 1.82) is 0 Å². The van der Waals surface area contributed by atoms with Crippen molar-refractivity contribution in [3.63, 3.8) is 0 Å². The molecule has 0 spiro atoms. The van der Waals surface area contributed by atoms with Gasteiger partial charge in [-0.05, 0) is 12.8 Å². The minimum atomic E-state index is 0.312. The smallest absolute Gasteiger partial charge is 0.180 e. The molecular weight excluding hydrogens is 232 g/mol. The maximum Gasteiger partial charge on any atom is 0.180 e. The fourth-order valence-corrected chi connectivity index (χ4v) is 2.07. The number of rotatable bonds is 5. The van der Waals surface area contributed by atoms with Gasteiger partial charge in [-0.3, -0.25) is 4.68 Å². The van der Waals surface area contributed by atoms with Crippen molar-refractivity contribution in [1.82, 2.24) is 14.8 Å². The molecule has 1 saturated heterocycles. The summed E-state index contributed by atoms with van der Waals surface area (Å²) >= 11 is 0. The van der Waals surface area contributed by atoms with E-state index in [-0.39, 0.29) is 0 Å². The van der Waals surface area contributed by atoms with Gasteiger partial charge in [0, 0.05) is 12.8 Å². The highest BCUT2D eigenvalue weighted by Crippen LogP contribution is 2.15. The Morgan fingerprint density at radius 1 is 1.44 bits per heavy atom. The predicted molar refractivity (Wildman–Crippen MR) is 65.0 cm³/mol. The maximum atomic E-state index is 5.58. The average molecular weight is 248 g/mol. The molecule has 1 unspecified atom stereocenters. The summed E-state index contributed by atoms with van der Waals surface area (Å²) in [5.74, 6) is 0.807. The van der Waals surface area contributed by atoms with Crippen LogP contribution in [0.4, 0.5) is 5.69 Å². The number of anilines is 1. The van der Waals surface area contributed by atoms with Crippen molar-refractivity contribution in [3.05, 3.63) is 30.7 Å². The third kappa shape index (κ3) is 2.70. The molecule has 6 nitrogen and oxygen atoms in total. The first-order chi connectivity index (χ1) is 8.90. The van der Waals surface area contributed by atoms with Gasteiger partial charge in [0.05, 0.1) is 37.3 Å². The zero-order valence-electron chi connectivity index (χ0n) is 10.1. The molecule has 0 radical (unpaired) electrons. The Kier molecular flexibility index (Phi) is 3.27. The molecule has 0 bridgehead atoms. The molecule has 0 saturated carbocycles. The van der Waals surface area contributed by atoms with Crippen molar-refractivity contribution < 1.29 is 9.15 Å². The van der Waals surface area contributed by atoms with Crippen LogP contribution in [-0.4, -0.2) is 27.5 Å².